The van der Waals surface area contributed by atoms with E-state index in [2.05, 4.69) is 73.1 Å². The lowest BCUT2D eigenvalue weighted by molar-refractivity contribution is -0.161. The van der Waals surface area contributed by atoms with Gasteiger partial charge in [-0.3, -0.25) is 14.1 Å². The van der Waals surface area contributed by atoms with Gasteiger partial charge in [-0.15, -0.1) is 0 Å². The highest BCUT2D eigenvalue weighted by Gasteiger charge is 2.36. The van der Waals surface area contributed by atoms with Gasteiger partial charge in [-0.25, -0.2) is 4.57 Å². The molecule has 0 saturated carbocycles. The molecule has 0 radical (unpaired) electrons. The van der Waals surface area contributed by atoms with Crippen molar-refractivity contribution in [3.05, 3.63) is 60.8 Å². The Morgan fingerprint density at radius 2 is 1.13 bits per heavy atom. The Morgan fingerprint density at radius 3 is 1.77 bits per heavy atom. The Kier molecular flexibility index (Phi) is 30.6. The maximum absolute atomic E-state index is 12.4. The molecule has 0 amide bonds. The normalized spacial score (nSPS) is 17.0. The van der Waals surface area contributed by atoms with Crippen LogP contribution in [0.1, 0.15) is 162 Å². The SMILES string of the molecule is CCCCC/C=C\C/C=C\CCCCCCCCC(=O)O[C@H](COC(=O)CCC/C=C\C/C=C\C/C=C\CC1OC1CCCCC)COP(=O)(O)O. The molecule has 298 valence electrons. The number of esters is 2. The minimum Gasteiger partial charge on any atom is -0.462 e. The summed E-state index contributed by atoms with van der Waals surface area (Å²) in [5.41, 5.74) is 0. The van der Waals surface area contributed by atoms with Crippen LogP contribution in [0.3, 0.4) is 0 Å². The van der Waals surface area contributed by atoms with E-state index in [1.54, 1.807) is 0 Å². The fourth-order valence-electron chi connectivity index (χ4n) is 5.55. The van der Waals surface area contributed by atoms with E-state index in [1.807, 2.05) is 6.08 Å². The highest BCUT2D eigenvalue weighted by molar-refractivity contribution is 7.46. The Bertz CT molecular complexity index is 1090. The molecule has 1 aliphatic rings. The van der Waals surface area contributed by atoms with Gasteiger partial charge >= 0.3 is 19.8 Å². The average molecular weight is 751 g/mol. The van der Waals surface area contributed by atoms with Crippen LogP contribution in [0.4, 0.5) is 0 Å². The predicted molar refractivity (Wildman–Crippen MR) is 211 cm³/mol. The minimum atomic E-state index is -4.77. The molecule has 0 spiro atoms. The zero-order valence-electron chi connectivity index (χ0n) is 32.4. The smallest absolute Gasteiger partial charge is 0.462 e. The van der Waals surface area contributed by atoms with Crippen molar-refractivity contribution in [3.63, 3.8) is 0 Å². The van der Waals surface area contributed by atoms with E-state index < -0.39 is 32.5 Å². The third kappa shape index (κ3) is 32.4. The second-order valence-electron chi connectivity index (χ2n) is 13.6. The van der Waals surface area contributed by atoms with Gasteiger partial charge in [0, 0.05) is 12.8 Å². The molecule has 52 heavy (non-hydrogen) atoms. The van der Waals surface area contributed by atoms with Gasteiger partial charge in [-0.05, 0) is 77.0 Å². The van der Waals surface area contributed by atoms with E-state index in [4.69, 9.17) is 24.0 Å². The van der Waals surface area contributed by atoms with Crippen molar-refractivity contribution in [2.75, 3.05) is 13.2 Å². The maximum atomic E-state index is 12.4. The standard InChI is InChI=1S/C42H71O9P/c1-3-5-7-8-9-10-11-12-13-14-15-16-21-24-27-31-35-42(44)50-38(37-49-52(45,46)47)36-48-41(43)34-30-26-23-20-18-17-19-22-25-29-33-40-39(51-40)32-28-6-4-2/h9-10,12-13,17,19-20,23,25,29,38-40H,3-8,11,14-16,18,21-22,24,26-28,30-37H2,1-2H3,(H2,45,46,47)/b10-9-,13-12-,19-17-,23-20-,29-25-/t38-,39?,40?/m1/s1. The van der Waals surface area contributed by atoms with Crippen molar-refractivity contribution in [1.29, 1.82) is 0 Å². The summed E-state index contributed by atoms with van der Waals surface area (Å²) >= 11 is 0. The van der Waals surface area contributed by atoms with Crippen molar-refractivity contribution < 1.29 is 42.7 Å². The zero-order valence-corrected chi connectivity index (χ0v) is 33.3. The molecule has 1 aliphatic heterocycles. The third-order valence-electron chi connectivity index (χ3n) is 8.68. The molecule has 2 N–H and O–H groups in total. The van der Waals surface area contributed by atoms with Gasteiger partial charge in [0.05, 0.1) is 18.8 Å². The molecule has 0 aromatic heterocycles. The summed E-state index contributed by atoms with van der Waals surface area (Å²) in [4.78, 5) is 42.8. The minimum absolute atomic E-state index is 0.183. The number of unbranched alkanes of at least 4 members (excludes halogenated alkanes) is 12. The molecule has 10 heteroatoms. The fraction of sp³-hybridized carbons (Fsp3) is 0.714. The van der Waals surface area contributed by atoms with Gasteiger partial charge in [0.25, 0.3) is 0 Å². The Hall–Kier alpha value is -2.29. The number of rotatable bonds is 35. The first-order valence-electron chi connectivity index (χ1n) is 20.2. The van der Waals surface area contributed by atoms with Gasteiger partial charge in [0.15, 0.2) is 6.10 Å². The molecular weight excluding hydrogens is 679 g/mol. The highest BCUT2D eigenvalue weighted by Crippen LogP contribution is 2.36. The highest BCUT2D eigenvalue weighted by atomic mass is 31.2. The molecular formula is C42H71O9P. The molecule has 0 aromatic carbocycles. The number of carbonyl (C=O) groups is 2. The second kappa shape index (κ2) is 33.3. The van der Waals surface area contributed by atoms with Crippen LogP contribution in [0, 0.1) is 0 Å². The number of carbonyl (C=O) groups excluding carboxylic acids is 2. The number of phosphoric acid groups is 1. The van der Waals surface area contributed by atoms with Crippen LogP contribution < -0.4 is 0 Å². The number of hydrogen-bond donors (Lipinski definition) is 2. The van der Waals surface area contributed by atoms with E-state index in [1.165, 1.54) is 51.4 Å². The average Bonchev–Trinajstić information content (AvgIpc) is 3.87. The fourth-order valence-corrected chi connectivity index (χ4v) is 5.91. The summed E-state index contributed by atoms with van der Waals surface area (Å²) in [7, 11) is -4.77. The molecule has 1 saturated heterocycles. The van der Waals surface area contributed by atoms with Crippen molar-refractivity contribution >= 4 is 19.8 Å². The summed E-state index contributed by atoms with van der Waals surface area (Å²) in [6.45, 7) is 3.56. The lowest BCUT2D eigenvalue weighted by Crippen LogP contribution is -2.29. The molecule has 0 aromatic rings. The van der Waals surface area contributed by atoms with E-state index in [9.17, 15) is 14.2 Å². The van der Waals surface area contributed by atoms with E-state index >= 15 is 0 Å². The van der Waals surface area contributed by atoms with E-state index in [-0.39, 0.29) is 19.4 Å². The quantitative estimate of drug-likeness (QED) is 0.0213. The third-order valence-corrected chi connectivity index (χ3v) is 9.17. The van der Waals surface area contributed by atoms with Gasteiger partial charge in [0.1, 0.15) is 6.61 Å². The number of ether oxygens (including phenoxy) is 3. The molecule has 1 heterocycles. The first-order chi connectivity index (χ1) is 25.2. The molecule has 1 fully saturated rings. The van der Waals surface area contributed by atoms with Crippen molar-refractivity contribution in [2.24, 2.45) is 0 Å². The second-order valence-corrected chi connectivity index (χ2v) is 14.9. The first-order valence-corrected chi connectivity index (χ1v) is 21.7. The molecule has 9 nitrogen and oxygen atoms in total. The Labute approximate surface area is 315 Å². The van der Waals surface area contributed by atoms with Crippen LogP contribution in [0.5, 0.6) is 0 Å². The largest absolute Gasteiger partial charge is 0.469 e. The van der Waals surface area contributed by atoms with Crippen LogP contribution in [0.25, 0.3) is 0 Å². The summed E-state index contributed by atoms with van der Waals surface area (Å²) in [6, 6.07) is 0. The lowest BCUT2D eigenvalue weighted by atomic mass is 10.1. The maximum Gasteiger partial charge on any atom is 0.469 e. The van der Waals surface area contributed by atoms with Crippen LogP contribution in [-0.2, 0) is 32.9 Å². The van der Waals surface area contributed by atoms with Crippen molar-refractivity contribution in [2.45, 2.75) is 180 Å². The molecule has 2 unspecified atom stereocenters. The Morgan fingerprint density at radius 1 is 0.615 bits per heavy atom. The van der Waals surface area contributed by atoms with Crippen LogP contribution in [0.2, 0.25) is 0 Å². The van der Waals surface area contributed by atoms with E-state index in [0.717, 1.165) is 70.6 Å². The number of phosphoric ester groups is 1. The molecule has 1 rings (SSSR count). The van der Waals surface area contributed by atoms with Crippen molar-refractivity contribution in [3.8, 4) is 0 Å². The van der Waals surface area contributed by atoms with E-state index in [0.29, 0.717) is 25.0 Å². The van der Waals surface area contributed by atoms with Gasteiger partial charge in [-0.2, -0.15) is 0 Å². The number of hydrogen-bond acceptors (Lipinski definition) is 7. The topological polar surface area (TPSA) is 132 Å². The predicted octanol–water partition coefficient (Wildman–Crippen LogP) is 11.1. The lowest BCUT2D eigenvalue weighted by Gasteiger charge is -2.18. The van der Waals surface area contributed by atoms with Crippen molar-refractivity contribution in [1.82, 2.24) is 0 Å². The Balaban J connectivity index is 2.12. The summed E-state index contributed by atoms with van der Waals surface area (Å²) in [5, 5.41) is 0. The van der Waals surface area contributed by atoms with Gasteiger partial charge < -0.3 is 24.0 Å². The van der Waals surface area contributed by atoms with Crippen LogP contribution >= 0.6 is 7.82 Å². The zero-order chi connectivity index (χ0) is 38.0. The summed E-state index contributed by atoms with van der Waals surface area (Å²) < 4.78 is 32.0. The number of epoxide rings is 1. The molecule has 0 bridgehead atoms. The first kappa shape index (κ1) is 47.7. The number of allylic oxidation sites excluding steroid dienone is 9. The van der Waals surface area contributed by atoms with Crippen LogP contribution in [-0.4, -0.2) is 53.3 Å². The van der Waals surface area contributed by atoms with Gasteiger partial charge in [0.2, 0.25) is 0 Å². The summed E-state index contributed by atoms with van der Waals surface area (Å²) in [6.07, 6.45) is 44.0. The monoisotopic (exact) mass is 750 g/mol. The van der Waals surface area contributed by atoms with Crippen LogP contribution in [0.15, 0.2) is 60.8 Å². The summed E-state index contributed by atoms with van der Waals surface area (Å²) in [5.74, 6) is -0.972. The molecule has 0 aliphatic carbocycles. The molecule has 3 atom stereocenters. The van der Waals surface area contributed by atoms with Gasteiger partial charge in [-0.1, -0.05) is 132 Å².